The molecule has 0 unspecified atom stereocenters. The van der Waals surface area contributed by atoms with E-state index < -0.39 is 17.8 Å². The molecule has 0 aliphatic carbocycles. The van der Waals surface area contributed by atoms with Crippen LogP contribution >= 0.6 is 0 Å². The van der Waals surface area contributed by atoms with Crippen LogP contribution < -0.4 is 14.8 Å². The normalized spacial score (nSPS) is 10.4. The zero-order valence-electron chi connectivity index (χ0n) is 17.6. The van der Waals surface area contributed by atoms with Gasteiger partial charge in [-0.2, -0.15) is 0 Å². The van der Waals surface area contributed by atoms with Crippen LogP contribution in [-0.2, 0) is 9.59 Å². The van der Waals surface area contributed by atoms with Crippen molar-refractivity contribution in [3.63, 3.8) is 0 Å². The fourth-order valence-electron chi connectivity index (χ4n) is 3.25. The molecule has 0 spiro atoms. The van der Waals surface area contributed by atoms with Crippen molar-refractivity contribution in [2.24, 2.45) is 0 Å². The number of aromatic carboxylic acids is 1. The molecule has 0 saturated carbocycles. The third kappa shape index (κ3) is 4.92. The molecule has 3 aromatic carbocycles. The van der Waals surface area contributed by atoms with Crippen molar-refractivity contribution < 1.29 is 33.4 Å². The molecule has 0 aromatic heterocycles. The largest absolute Gasteiger partial charge is 0.496 e. The first-order chi connectivity index (χ1) is 15.2. The van der Waals surface area contributed by atoms with Gasteiger partial charge in [0.1, 0.15) is 17.1 Å². The van der Waals surface area contributed by atoms with Crippen molar-refractivity contribution in [1.29, 1.82) is 0 Å². The van der Waals surface area contributed by atoms with Gasteiger partial charge in [-0.3, -0.25) is 9.59 Å². The summed E-state index contributed by atoms with van der Waals surface area (Å²) in [6, 6.07) is 13.5. The second-order valence-corrected chi connectivity index (χ2v) is 6.90. The molecular formula is C24H20FNO6. The number of amides is 1. The highest BCUT2D eigenvalue weighted by molar-refractivity contribution is 5.98. The lowest BCUT2D eigenvalue weighted by Gasteiger charge is -2.16. The van der Waals surface area contributed by atoms with E-state index in [1.165, 1.54) is 45.2 Å². The summed E-state index contributed by atoms with van der Waals surface area (Å²) >= 11 is 0. The maximum atomic E-state index is 13.7. The van der Waals surface area contributed by atoms with E-state index in [2.05, 4.69) is 5.32 Å². The molecule has 3 aromatic rings. The Hall–Kier alpha value is -4.20. The molecular weight excluding hydrogens is 417 g/mol. The number of carboxylic acids is 1. The molecule has 0 fully saturated rings. The Labute approximate surface area is 183 Å². The average Bonchev–Trinajstić information content (AvgIpc) is 2.73. The van der Waals surface area contributed by atoms with Crippen LogP contribution in [0.2, 0.25) is 0 Å². The summed E-state index contributed by atoms with van der Waals surface area (Å²) in [6.45, 7) is 2.55. The van der Waals surface area contributed by atoms with E-state index in [4.69, 9.17) is 9.47 Å². The van der Waals surface area contributed by atoms with Crippen LogP contribution in [-0.4, -0.2) is 30.1 Å². The predicted octanol–water partition coefficient (Wildman–Crippen LogP) is 4.75. The number of benzene rings is 3. The molecule has 8 heteroatoms. The van der Waals surface area contributed by atoms with Crippen LogP contribution in [0.5, 0.6) is 11.5 Å². The zero-order chi connectivity index (χ0) is 23.4. The van der Waals surface area contributed by atoms with Crippen LogP contribution in [0.3, 0.4) is 0 Å². The van der Waals surface area contributed by atoms with E-state index in [1.807, 2.05) is 0 Å². The van der Waals surface area contributed by atoms with E-state index >= 15 is 0 Å². The molecule has 0 aliphatic heterocycles. The molecule has 0 radical (unpaired) electrons. The van der Waals surface area contributed by atoms with Crippen molar-refractivity contribution in [3.05, 3.63) is 66.0 Å². The van der Waals surface area contributed by atoms with Crippen molar-refractivity contribution >= 4 is 23.5 Å². The number of hydrogen-bond donors (Lipinski definition) is 2. The number of rotatable bonds is 6. The van der Waals surface area contributed by atoms with Crippen molar-refractivity contribution in [1.82, 2.24) is 0 Å². The predicted molar refractivity (Wildman–Crippen MR) is 116 cm³/mol. The highest BCUT2D eigenvalue weighted by Gasteiger charge is 2.22. The Morgan fingerprint density at radius 2 is 1.59 bits per heavy atom. The van der Waals surface area contributed by atoms with Crippen LogP contribution in [0.1, 0.15) is 24.2 Å². The van der Waals surface area contributed by atoms with Gasteiger partial charge in [0.05, 0.1) is 7.11 Å². The standard InChI is InChI=1S/C24H20FNO6/c1-13(27)26-18-7-4-15(5-8-18)20-10-16(19-9-6-17(25)12-22(19)31-3)11-21(24(29)30)23(20)32-14(2)28/h4-12H,1-3H3,(H,26,27)(H,29,30). The Morgan fingerprint density at radius 1 is 0.906 bits per heavy atom. The number of anilines is 1. The third-order valence-corrected chi connectivity index (χ3v) is 4.56. The van der Waals surface area contributed by atoms with Crippen molar-refractivity contribution in [2.45, 2.75) is 13.8 Å². The molecule has 0 heterocycles. The maximum absolute atomic E-state index is 13.7. The molecule has 0 aliphatic rings. The smallest absolute Gasteiger partial charge is 0.339 e. The second kappa shape index (κ2) is 9.30. The number of carboxylic acid groups (broad SMARTS) is 1. The minimum absolute atomic E-state index is 0.123. The molecule has 0 bridgehead atoms. The van der Waals surface area contributed by atoms with E-state index in [1.54, 1.807) is 30.3 Å². The van der Waals surface area contributed by atoms with Crippen LogP contribution in [0.4, 0.5) is 10.1 Å². The lowest BCUT2D eigenvalue weighted by atomic mass is 9.94. The number of ether oxygens (including phenoxy) is 2. The Bertz CT molecular complexity index is 1200. The van der Waals surface area contributed by atoms with Crippen LogP contribution in [0, 0.1) is 5.82 Å². The number of halogens is 1. The molecule has 3 rings (SSSR count). The quantitative estimate of drug-likeness (QED) is 0.426. The van der Waals surface area contributed by atoms with Gasteiger partial charge in [-0.25, -0.2) is 9.18 Å². The molecule has 1 amide bonds. The van der Waals surface area contributed by atoms with Gasteiger partial charge in [0.25, 0.3) is 0 Å². The number of esters is 1. The fraction of sp³-hybridized carbons (Fsp3) is 0.125. The lowest BCUT2D eigenvalue weighted by molar-refractivity contribution is -0.131. The monoisotopic (exact) mass is 437 g/mol. The minimum atomic E-state index is -1.31. The van der Waals surface area contributed by atoms with Crippen LogP contribution in [0.25, 0.3) is 22.3 Å². The zero-order valence-corrected chi connectivity index (χ0v) is 17.6. The molecule has 164 valence electrons. The van der Waals surface area contributed by atoms with Gasteiger partial charge in [0.15, 0.2) is 5.75 Å². The van der Waals surface area contributed by atoms with E-state index in [0.29, 0.717) is 27.9 Å². The topological polar surface area (TPSA) is 102 Å². The maximum Gasteiger partial charge on any atom is 0.339 e. The van der Waals surface area contributed by atoms with Gasteiger partial charge in [0.2, 0.25) is 5.91 Å². The van der Waals surface area contributed by atoms with Gasteiger partial charge >= 0.3 is 11.9 Å². The van der Waals surface area contributed by atoms with E-state index in [0.717, 1.165) is 0 Å². The molecule has 0 saturated heterocycles. The van der Waals surface area contributed by atoms with Gasteiger partial charge in [0, 0.05) is 36.7 Å². The highest BCUT2D eigenvalue weighted by atomic mass is 19.1. The fourth-order valence-corrected chi connectivity index (χ4v) is 3.25. The summed E-state index contributed by atoms with van der Waals surface area (Å²) < 4.78 is 24.2. The number of carbonyl (C=O) groups is 3. The van der Waals surface area contributed by atoms with Gasteiger partial charge in [-0.15, -0.1) is 0 Å². The second-order valence-electron chi connectivity index (χ2n) is 6.90. The van der Waals surface area contributed by atoms with Crippen molar-refractivity contribution in [2.75, 3.05) is 12.4 Å². The summed E-state index contributed by atoms with van der Waals surface area (Å²) in [5, 5.41) is 12.5. The molecule has 32 heavy (non-hydrogen) atoms. The summed E-state index contributed by atoms with van der Waals surface area (Å²) in [4.78, 5) is 35.0. The number of carbonyl (C=O) groups excluding carboxylic acids is 2. The van der Waals surface area contributed by atoms with Gasteiger partial charge in [-0.05, 0) is 47.5 Å². The Balaban J connectivity index is 2.27. The molecule has 2 N–H and O–H groups in total. The average molecular weight is 437 g/mol. The lowest BCUT2D eigenvalue weighted by Crippen LogP contribution is -2.09. The third-order valence-electron chi connectivity index (χ3n) is 4.56. The first kappa shape index (κ1) is 22.5. The summed E-state index contributed by atoms with van der Waals surface area (Å²) in [7, 11) is 1.38. The SMILES string of the molecule is COc1cc(F)ccc1-c1cc(C(=O)O)c(OC(C)=O)c(-c2ccc(NC(C)=O)cc2)c1. The minimum Gasteiger partial charge on any atom is -0.496 e. The summed E-state index contributed by atoms with van der Waals surface area (Å²) in [6.07, 6.45) is 0. The van der Waals surface area contributed by atoms with E-state index in [-0.39, 0.29) is 23.0 Å². The summed E-state index contributed by atoms with van der Waals surface area (Å²) in [5.41, 5.74) is 2.06. The van der Waals surface area contributed by atoms with Gasteiger partial charge < -0.3 is 19.9 Å². The Kier molecular flexibility index (Phi) is 6.53. The molecule has 0 atom stereocenters. The first-order valence-electron chi connectivity index (χ1n) is 9.51. The number of nitrogens with one attached hydrogen (secondary N) is 1. The Morgan fingerprint density at radius 3 is 2.16 bits per heavy atom. The number of methoxy groups -OCH3 is 1. The van der Waals surface area contributed by atoms with Crippen LogP contribution in [0.15, 0.2) is 54.6 Å². The first-order valence-corrected chi connectivity index (χ1v) is 9.51. The highest BCUT2D eigenvalue weighted by Crippen LogP contribution is 2.40. The van der Waals surface area contributed by atoms with Gasteiger partial charge in [-0.1, -0.05) is 12.1 Å². The van der Waals surface area contributed by atoms with E-state index in [9.17, 15) is 23.9 Å². The summed E-state index contributed by atoms with van der Waals surface area (Å²) in [5.74, 6) is -2.64. The van der Waals surface area contributed by atoms with Crippen molar-refractivity contribution in [3.8, 4) is 33.8 Å². The molecule has 7 nitrogen and oxygen atoms in total. The number of hydrogen-bond acceptors (Lipinski definition) is 5.